The van der Waals surface area contributed by atoms with Crippen molar-refractivity contribution in [2.24, 2.45) is 0 Å². The molecule has 2 heterocycles. The Morgan fingerprint density at radius 1 is 1.19 bits per heavy atom. The van der Waals surface area contributed by atoms with Crippen molar-refractivity contribution in [1.29, 1.82) is 0 Å². The van der Waals surface area contributed by atoms with Crippen LogP contribution < -0.4 is 10.5 Å². The van der Waals surface area contributed by atoms with Gasteiger partial charge in [0.05, 0.1) is 10.7 Å². The van der Waals surface area contributed by atoms with Gasteiger partial charge in [-0.15, -0.1) is 5.10 Å². The first kappa shape index (κ1) is 19.5. The number of halogens is 1. The highest BCUT2D eigenvalue weighted by atomic mass is 35.5. The highest BCUT2D eigenvalue weighted by Crippen LogP contribution is 2.33. The fourth-order valence-electron chi connectivity index (χ4n) is 3.55. The highest BCUT2D eigenvalue weighted by molar-refractivity contribution is 6.33. The summed E-state index contributed by atoms with van der Waals surface area (Å²) in [5, 5.41) is 5.51. The van der Waals surface area contributed by atoms with E-state index in [4.69, 9.17) is 16.7 Å². The van der Waals surface area contributed by atoms with Crippen LogP contribution in [0.2, 0.25) is 5.02 Å². The van der Waals surface area contributed by atoms with Crippen LogP contribution in [0.4, 0.5) is 5.69 Å². The van der Waals surface area contributed by atoms with Gasteiger partial charge in [0.2, 0.25) is 0 Å². The molecule has 3 rings (SSSR count). The lowest BCUT2D eigenvalue weighted by Gasteiger charge is -2.19. The summed E-state index contributed by atoms with van der Waals surface area (Å²) in [5.41, 5.74) is 5.52. The maximum Gasteiger partial charge on any atom is 0.278 e. The van der Waals surface area contributed by atoms with Gasteiger partial charge >= 0.3 is 0 Å². The molecule has 6 heteroatoms. The summed E-state index contributed by atoms with van der Waals surface area (Å²) in [6.45, 7) is 10.7. The van der Waals surface area contributed by atoms with E-state index in [2.05, 4.69) is 19.9 Å². The van der Waals surface area contributed by atoms with E-state index >= 15 is 0 Å². The topological polar surface area (TPSA) is 42.5 Å². The molecule has 0 radical (unpaired) electrons. The van der Waals surface area contributed by atoms with Crippen molar-refractivity contribution in [1.82, 2.24) is 14.2 Å². The van der Waals surface area contributed by atoms with Crippen LogP contribution in [0.15, 0.2) is 23.0 Å². The normalized spacial score (nSPS) is 11.6. The van der Waals surface area contributed by atoms with Crippen molar-refractivity contribution in [3.05, 3.63) is 50.4 Å². The first-order valence-corrected chi connectivity index (χ1v) is 9.66. The van der Waals surface area contributed by atoms with Crippen molar-refractivity contribution < 1.29 is 0 Å². The first-order chi connectivity index (χ1) is 12.7. The van der Waals surface area contributed by atoms with Gasteiger partial charge < -0.3 is 4.90 Å². The summed E-state index contributed by atoms with van der Waals surface area (Å²) in [6.07, 6.45) is 0. The molecule has 2 aromatic heterocycles. The van der Waals surface area contributed by atoms with Crippen LogP contribution >= 0.6 is 11.6 Å². The van der Waals surface area contributed by atoms with Gasteiger partial charge in [0.15, 0.2) is 5.82 Å². The van der Waals surface area contributed by atoms with Crippen molar-refractivity contribution in [2.45, 2.75) is 47.1 Å². The minimum absolute atomic E-state index is 0.00786. The third kappa shape index (κ3) is 3.14. The maximum atomic E-state index is 13.3. The quantitative estimate of drug-likeness (QED) is 0.655. The molecule has 0 aliphatic heterocycles. The van der Waals surface area contributed by atoms with Crippen LogP contribution in [-0.2, 0) is 6.54 Å². The number of hydrogen-bond donors (Lipinski definition) is 0. The SMILES string of the molecule is CCn1c(-c2cc(Cl)c(N(C)C)cc2C)nn2c(C)cc(C(C)C)c2c1=O. The van der Waals surface area contributed by atoms with Crippen molar-refractivity contribution in [2.75, 3.05) is 19.0 Å². The van der Waals surface area contributed by atoms with Crippen LogP contribution in [0, 0.1) is 13.8 Å². The second-order valence-electron chi connectivity index (χ2n) is 7.54. The van der Waals surface area contributed by atoms with Gasteiger partial charge in [0.1, 0.15) is 5.52 Å². The lowest BCUT2D eigenvalue weighted by molar-refractivity contribution is 0.686. The van der Waals surface area contributed by atoms with E-state index in [1.54, 1.807) is 9.08 Å². The average Bonchev–Trinajstić information content (AvgIpc) is 2.93. The molecule has 0 saturated heterocycles. The molecule has 0 amide bonds. The third-order valence-electron chi connectivity index (χ3n) is 5.04. The summed E-state index contributed by atoms with van der Waals surface area (Å²) >= 11 is 6.51. The Morgan fingerprint density at radius 2 is 1.85 bits per heavy atom. The maximum absolute atomic E-state index is 13.3. The molecule has 0 fully saturated rings. The number of rotatable bonds is 4. The Labute approximate surface area is 165 Å². The Bertz CT molecular complexity index is 1080. The predicted octanol–water partition coefficient (Wildman–Crippen LogP) is 4.64. The zero-order valence-corrected chi connectivity index (χ0v) is 17.8. The molecule has 0 aliphatic carbocycles. The van der Waals surface area contributed by atoms with E-state index in [1.165, 1.54) is 0 Å². The summed E-state index contributed by atoms with van der Waals surface area (Å²) in [7, 11) is 3.92. The van der Waals surface area contributed by atoms with Crippen LogP contribution in [0.3, 0.4) is 0 Å². The first-order valence-electron chi connectivity index (χ1n) is 9.28. The van der Waals surface area contributed by atoms with Crippen molar-refractivity contribution in [3.8, 4) is 11.4 Å². The van der Waals surface area contributed by atoms with Crippen LogP contribution in [0.25, 0.3) is 16.9 Å². The monoisotopic (exact) mass is 386 g/mol. The average molecular weight is 387 g/mol. The van der Waals surface area contributed by atoms with Gasteiger partial charge in [-0.1, -0.05) is 25.4 Å². The van der Waals surface area contributed by atoms with Crippen LogP contribution in [0.5, 0.6) is 0 Å². The lowest BCUT2D eigenvalue weighted by atomic mass is 10.0. The molecule has 5 nitrogen and oxygen atoms in total. The second-order valence-corrected chi connectivity index (χ2v) is 7.95. The number of nitrogens with zero attached hydrogens (tertiary/aromatic N) is 4. The van der Waals surface area contributed by atoms with Gasteiger partial charge in [-0.2, -0.15) is 0 Å². The van der Waals surface area contributed by atoms with Gasteiger partial charge in [-0.3, -0.25) is 9.36 Å². The molecular formula is C21H27ClN4O. The summed E-state index contributed by atoms with van der Waals surface area (Å²) < 4.78 is 3.53. The van der Waals surface area contributed by atoms with Gasteiger partial charge in [0, 0.05) is 31.9 Å². The number of benzene rings is 1. The smallest absolute Gasteiger partial charge is 0.278 e. The van der Waals surface area contributed by atoms with E-state index in [0.29, 0.717) is 22.9 Å². The largest absolute Gasteiger partial charge is 0.376 e. The molecule has 1 aromatic carbocycles. The van der Waals surface area contributed by atoms with Crippen molar-refractivity contribution in [3.63, 3.8) is 0 Å². The molecule has 0 bridgehead atoms. The number of hydrogen-bond acceptors (Lipinski definition) is 3. The Balaban J connectivity index is 2.38. The zero-order chi connectivity index (χ0) is 20.0. The minimum Gasteiger partial charge on any atom is -0.376 e. The summed E-state index contributed by atoms with van der Waals surface area (Å²) in [5.74, 6) is 0.906. The second kappa shape index (κ2) is 7.04. The molecule has 27 heavy (non-hydrogen) atoms. The van der Waals surface area contributed by atoms with Gasteiger partial charge in [-0.25, -0.2) is 4.52 Å². The predicted molar refractivity (Wildman–Crippen MR) is 113 cm³/mol. The lowest BCUT2D eigenvalue weighted by Crippen LogP contribution is -2.26. The van der Waals surface area contributed by atoms with E-state index in [0.717, 1.165) is 28.1 Å². The molecule has 0 atom stereocenters. The number of anilines is 1. The summed E-state index contributed by atoms with van der Waals surface area (Å²) in [4.78, 5) is 15.3. The Kier molecular flexibility index (Phi) is 5.08. The molecule has 0 spiro atoms. The molecule has 3 aromatic rings. The number of aryl methyl sites for hydroxylation is 2. The van der Waals surface area contributed by atoms with Crippen molar-refractivity contribution >= 4 is 22.8 Å². The zero-order valence-electron chi connectivity index (χ0n) is 17.1. The van der Waals surface area contributed by atoms with E-state index < -0.39 is 0 Å². The molecule has 0 N–H and O–H groups in total. The Hall–Kier alpha value is -2.27. The number of fused-ring (bicyclic) bond motifs is 1. The standard InChI is InChI=1S/C21H27ClN4O/c1-8-25-20(16-11-17(22)18(24(6)7)9-13(16)4)23-26-14(5)10-15(12(2)3)19(26)21(25)27/h9-12H,8H2,1-7H3. The van der Waals surface area contributed by atoms with Crippen LogP contribution in [-0.4, -0.2) is 28.3 Å². The minimum atomic E-state index is -0.00786. The number of aromatic nitrogens is 3. The summed E-state index contributed by atoms with van der Waals surface area (Å²) in [6, 6.07) is 6.01. The third-order valence-corrected chi connectivity index (χ3v) is 5.34. The molecule has 144 valence electrons. The molecule has 0 aliphatic rings. The molecule has 0 saturated carbocycles. The molecular weight excluding hydrogens is 360 g/mol. The van der Waals surface area contributed by atoms with E-state index in [1.807, 2.05) is 51.9 Å². The fourth-order valence-corrected chi connectivity index (χ4v) is 3.88. The van der Waals surface area contributed by atoms with E-state index in [-0.39, 0.29) is 11.5 Å². The Morgan fingerprint density at radius 3 is 2.41 bits per heavy atom. The van der Waals surface area contributed by atoms with E-state index in [9.17, 15) is 4.79 Å². The molecule has 0 unspecified atom stereocenters. The van der Waals surface area contributed by atoms with Gasteiger partial charge in [-0.05, 0) is 56.0 Å². The van der Waals surface area contributed by atoms with Gasteiger partial charge in [0.25, 0.3) is 5.56 Å². The highest BCUT2D eigenvalue weighted by Gasteiger charge is 2.20. The fraction of sp³-hybridized carbons (Fsp3) is 0.429. The van der Waals surface area contributed by atoms with Crippen LogP contribution in [0.1, 0.15) is 43.5 Å².